The van der Waals surface area contributed by atoms with Crippen LogP contribution in [0, 0.1) is 24.7 Å². The van der Waals surface area contributed by atoms with Gasteiger partial charge in [-0.05, 0) is 101 Å². The Bertz CT molecular complexity index is 2040. The van der Waals surface area contributed by atoms with Gasteiger partial charge in [-0.3, -0.25) is 0 Å². The van der Waals surface area contributed by atoms with Crippen LogP contribution in [0.5, 0.6) is 0 Å². The van der Waals surface area contributed by atoms with Gasteiger partial charge in [0, 0.05) is 40.9 Å². The number of thiazole rings is 1. The molecule has 0 saturated carbocycles. The SMILES string of the molecule is C#CCc1cccc(N(c2cccc(CC#C)c2)c2ccc3c(c2)C(CC)(CC)c2cc(-c4nc5ccccc5s4)ccc2-3)c1. The number of hydrogen-bond donors (Lipinski definition) is 0. The lowest BCUT2D eigenvalue weighted by Gasteiger charge is -2.32. The minimum atomic E-state index is -0.102. The van der Waals surface area contributed by atoms with Crippen LogP contribution in [0.4, 0.5) is 17.1 Å². The maximum absolute atomic E-state index is 5.71. The first-order chi connectivity index (χ1) is 22.1. The Morgan fingerprint density at radius 3 is 1.89 bits per heavy atom. The summed E-state index contributed by atoms with van der Waals surface area (Å²) in [5, 5.41) is 1.07. The summed E-state index contributed by atoms with van der Waals surface area (Å²) in [5.74, 6) is 5.61. The second kappa shape index (κ2) is 11.8. The zero-order valence-corrected chi connectivity index (χ0v) is 26.5. The Kier molecular flexibility index (Phi) is 7.50. The van der Waals surface area contributed by atoms with Gasteiger partial charge in [0.1, 0.15) is 5.01 Å². The summed E-state index contributed by atoms with van der Waals surface area (Å²) in [6.07, 6.45) is 14.6. The second-order valence-electron chi connectivity index (χ2n) is 11.7. The molecular formula is C42H34N2S. The predicted molar refractivity (Wildman–Crippen MR) is 192 cm³/mol. The average Bonchev–Trinajstić information content (AvgIpc) is 3.63. The van der Waals surface area contributed by atoms with E-state index in [4.69, 9.17) is 17.8 Å². The molecule has 45 heavy (non-hydrogen) atoms. The molecule has 0 unspecified atom stereocenters. The summed E-state index contributed by atoms with van der Waals surface area (Å²) < 4.78 is 1.22. The molecule has 0 atom stereocenters. The van der Waals surface area contributed by atoms with Gasteiger partial charge < -0.3 is 4.90 Å². The fourth-order valence-electron chi connectivity index (χ4n) is 7.06. The number of aromatic nitrogens is 1. The van der Waals surface area contributed by atoms with E-state index in [0.29, 0.717) is 12.8 Å². The van der Waals surface area contributed by atoms with Crippen LogP contribution in [0.2, 0.25) is 0 Å². The number of benzene rings is 5. The number of hydrogen-bond acceptors (Lipinski definition) is 3. The minimum absolute atomic E-state index is 0.102. The van der Waals surface area contributed by atoms with E-state index in [1.807, 2.05) is 0 Å². The van der Waals surface area contributed by atoms with Crippen molar-refractivity contribution < 1.29 is 0 Å². The normalized spacial score (nSPS) is 12.7. The van der Waals surface area contributed by atoms with Crippen LogP contribution >= 0.6 is 11.3 Å². The van der Waals surface area contributed by atoms with E-state index >= 15 is 0 Å². The Morgan fingerprint density at radius 2 is 1.27 bits per heavy atom. The molecule has 5 aromatic carbocycles. The fraction of sp³-hybridized carbons (Fsp3) is 0.167. The van der Waals surface area contributed by atoms with Crippen molar-refractivity contribution in [3.63, 3.8) is 0 Å². The molecule has 0 aliphatic heterocycles. The van der Waals surface area contributed by atoms with E-state index in [2.05, 4.69) is 140 Å². The molecule has 6 aromatic rings. The molecule has 0 radical (unpaired) electrons. The molecule has 0 amide bonds. The molecule has 1 aromatic heterocycles. The van der Waals surface area contributed by atoms with Gasteiger partial charge in [-0.25, -0.2) is 4.98 Å². The Balaban J connectivity index is 1.38. The molecule has 0 spiro atoms. The van der Waals surface area contributed by atoms with Gasteiger partial charge in [-0.1, -0.05) is 68.4 Å². The topological polar surface area (TPSA) is 16.1 Å². The molecule has 0 N–H and O–H groups in total. The highest BCUT2D eigenvalue weighted by atomic mass is 32.1. The summed E-state index contributed by atoms with van der Waals surface area (Å²) in [4.78, 5) is 7.33. The van der Waals surface area contributed by atoms with E-state index in [1.54, 1.807) is 11.3 Å². The number of terminal acetylenes is 2. The first-order valence-corrected chi connectivity index (χ1v) is 16.4. The first-order valence-electron chi connectivity index (χ1n) is 15.6. The van der Waals surface area contributed by atoms with Crippen LogP contribution in [0.15, 0.2) is 109 Å². The molecule has 218 valence electrons. The van der Waals surface area contributed by atoms with Crippen molar-refractivity contribution in [1.29, 1.82) is 0 Å². The Labute approximate surface area is 270 Å². The first kappa shape index (κ1) is 28.7. The molecule has 1 aliphatic rings. The number of para-hydroxylation sites is 1. The van der Waals surface area contributed by atoms with Crippen molar-refractivity contribution in [2.45, 2.75) is 44.9 Å². The lowest BCUT2D eigenvalue weighted by molar-refractivity contribution is 0.490. The molecule has 0 bridgehead atoms. The van der Waals surface area contributed by atoms with E-state index in [-0.39, 0.29) is 5.41 Å². The van der Waals surface area contributed by atoms with E-state index < -0.39 is 0 Å². The Morgan fingerprint density at radius 1 is 0.667 bits per heavy atom. The van der Waals surface area contributed by atoms with Crippen molar-refractivity contribution in [3.05, 3.63) is 131 Å². The number of anilines is 3. The van der Waals surface area contributed by atoms with Crippen molar-refractivity contribution in [2.75, 3.05) is 4.90 Å². The van der Waals surface area contributed by atoms with Crippen LogP contribution in [0.1, 0.15) is 48.9 Å². The molecule has 0 fully saturated rings. The van der Waals surface area contributed by atoms with Crippen LogP contribution in [-0.4, -0.2) is 4.98 Å². The third kappa shape index (κ3) is 4.91. The summed E-state index contributed by atoms with van der Waals surface area (Å²) in [5.41, 5.74) is 13.1. The molecule has 1 aliphatic carbocycles. The highest BCUT2D eigenvalue weighted by molar-refractivity contribution is 7.21. The number of nitrogens with zero attached hydrogens (tertiary/aromatic N) is 2. The van der Waals surface area contributed by atoms with Crippen LogP contribution < -0.4 is 4.90 Å². The monoisotopic (exact) mass is 598 g/mol. The minimum Gasteiger partial charge on any atom is -0.310 e. The largest absolute Gasteiger partial charge is 0.310 e. The summed E-state index contributed by atoms with van der Waals surface area (Å²) in [6, 6.07) is 39.4. The standard InChI is InChI=1S/C42H34N2S/c1-5-13-29-15-11-17-32(25-29)44(33-18-12-16-30(26-33)14-6-2)34-22-24-36-35-23-21-31(41-43-39-19-9-10-20-40(39)45-41)27-37(35)42(7-3,8-4)38(36)28-34/h1-2,9-12,15-28H,7-8,13-14H2,3-4H3. The van der Waals surface area contributed by atoms with Gasteiger partial charge in [0.15, 0.2) is 0 Å². The lowest BCUT2D eigenvalue weighted by Crippen LogP contribution is -2.23. The fourth-order valence-corrected chi connectivity index (χ4v) is 8.02. The molecule has 1 heterocycles. The van der Waals surface area contributed by atoms with Crippen molar-refractivity contribution >= 4 is 38.6 Å². The van der Waals surface area contributed by atoms with Crippen LogP contribution in [0.25, 0.3) is 31.9 Å². The van der Waals surface area contributed by atoms with Crippen molar-refractivity contribution in [3.8, 4) is 46.4 Å². The van der Waals surface area contributed by atoms with Gasteiger partial charge in [0.2, 0.25) is 0 Å². The molecule has 2 nitrogen and oxygen atoms in total. The maximum atomic E-state index is 5.71. The summed E-state index contributed by atoms with van der Waals surface area (Å²) >= 11 is 1.76. The zero-order valence-electron chi connectivity index (χ0n) is 25.7. The van der Waals surface area contributed by atoms with Crippen molar-refractivity contribution in [1.82, 2.24) is 4.98 Å². The van der Waals surface area contributed by atoms with Gasteiger partial charge in [-0.2, -0.15) is 0 Å². The molecule has 7 rings (SSSR count). The number of fused-ring (bicyclic) bond motifs is 4. The highest BCUT2D eigenvalue weighted by Gasteiger charge is 2.41. The van der Waals surface area contributed by atoms with Gasteiger partial charge >= 0.3 is 0 Å². The van der Waals surface area contributed by atoms with Crippen LogP contribution in [-0.2, 0) is 18.3 Å². The smallest absolute Gasteiger partial charge is 0.124 e. The third-order valence-electron chi connectivity index (χ3n) is 9.30. The second-order valence-corrected chi connectivity index (χ2v) is 12.7. The Hall–Kier alpha value is -5.09. The molecule has 3 heteroatoms. The lowest BCUT2D eigenvalue weighted by atomic mass is 9.73. The third-order valence-corrected chi connectivity index (χ3v) is 10.4. The molecule has 0 saturated heterocycles. The van der Waals surface area contributed by atoms with E-state index in [1.165, 1.54) is 32.5 Å². The highest BCUT2D eigenvalue weighted by Crippen LogP contribution is 2.55. The van der Waals surface area contributed by atoms with Gasteiger partial charge in [0.25, 0.3) is 0 Å². The predicted octanol–water partition coefficient (Wildman–Crippen LogP) is 10.9. The summed E-state index contributed by atoms with van der Waals surface area (Å²) in [7, 11) is 0. The quantitative estimate of drug-likeness (QED) is 0.162. The van der Waals surface area contributed by atoms with E-state index in [9.17, 15) is 0 Å². The maximum Gasteiger partial charge on any atom is 0.124 e. The zero-order chi connectivity index (χ0) is 31.0. The van der Waals surface area contributed by atoms with E-state index in [0.717, 1.165) is 51.6 Å². The number of rotatable bonds is 8. The van der Waals surface area contributed by atoms with Gasteiger partial charge in [0.05, 0.1) is 10.2 Å². The van der Waals surface area contributed by atoms with Gasteiger partial charge in [-0.15, -0.1) is 36.0 Å². The average molecular weight is 599 g/mol. The summed E-state index contributed by atoms with van der Waals surface area (Å²) in [6.45, 7) is 4.65. The van der Waals surface area contributed by atoms with Crippen molar-refractivity contribution in [2.24, 2.45) is 0 Å². The molecular weight excluding hydrogens is 565 g/mol. The van der Waals surface area contributed by atoms with Crippen LogP contribution in [0.3, 0.4) is 0 Å².